The number of methoxy groups -OCH3 is 1. The molecule has 2 aromatic carbocycles. The lowest BCUT2D eigenvalue weighted by atomic mass is 10.1. The third-order valence-electron chi connectivity index (χ3n) is 3.11. The minimum Gasteiger partial charge on any atom is -0.496 e. The standard InChI is InChI=1S/C17H19NO2/c1-13(12-14-8-4-3-5-9-14)18-17(19)15-10-6-7-11-16(15)20-2/h3-11,13H,12H2,1-2H3,(H,18,19)/t13-/m1/s1. The highest BCUT2D eigenvalue weighted by atomic mass is 16.5. The average Bonchev–Trinajstić information content (AvgIpc) is 2.48. The number of amides is 1. The fraction of sp³-hybridized carbons (Fsp3) is 0.235. The molecule has 2 aromatic rings. The Morgan fingerprint density at radius 1 is 1.10 bits per heavy atom. The van der Waals surface area contributed by atoms with E-state index in [4.69, 9.17) is 4.74 Å². The van der Waals surface area contributed by atoms with Crippen LogP contribution < -0.4 is 10.1 Å². The van der Waals surface area contributed by atoms with E-state index in [2.05, 4.69) is 17.4 Å². The minimum atomic E-state index is -0.106. The van der Waals surface area contributed by atoms with Gasteiger partial charge in [0, 0.05) is 6.04 Å². The van der Waals surface area contributed by atoms with Crippen molar-refractivity contribution in [1.29, 1.82) is 0 Å². The van der Waals surface area contributed by atoms with Crippen molar-refractivity contribution in [3.63, 3.8) is 0 Å². The van der Waals surface area contributed by atoms with Crippen LogP contribution in [-0.4, -0.2) is 19.1 Å². The van der Waals surface area contributed by atoms with Gasteiger partial charge in [-0.25, -0.2) is 0 Å². The van der Waals surface area contributed by atoms with Gasteiger partial charge in [-0.1, -0.05) is 42.5 Å². The van der Waals surface area contributed by atoms with Crippen LogP contribution in [0.4, 0.5) is 0 Å². The lowest BCUT2D eigenvalue weighted by Crippen LogP contribution is -2.34. The van der Waals surface area contributed by atoms with Gasteiger partial charge in [-0.3, -0.25) is 4.79 Å². The molecule has 0 aliphatic carbocycles. The predicted molar refractivity (Wildman–Crippen MR) is 80.1 cm³/mol. The van der Waals surface area contributed by atoms with E-state index in [9.17, 15) is 4.79 Å². The summed E-state index contributed by atoms with van der Waals surface area (Å²) in [6.45, 7) is 2.00. The summed E-state index contributed by atoms with van der Waals surface area (Å²) in [5, 5.41) is 3.00. The molecule has 1 N–H and O–H groups in total. The molecule has 0 aliphatic rings. The third kappa shape index (κ3) is 3.60. The van der Waals surface area contributed by atoms with Gasteiger partial charge in [0.05, 0.1) is 12.7 Å². The number of nitrogens with one attached hydrogen (secondary N) is 1. The molecule has 1 atom stereocenters. The summed E-state index contributed by atoms with van der Waals surface area (Å²) in [6.07, 6.45) is 0.807. The summed E-state index contributed by atoms with van der Waals surface area (Å²) in [6, 6.07) is 17.4. The first kappa shape index (κ1) is 14.1. The second-order valence-electron chi connectivity index (χ2n) is 4.76. The largest absolute Gasteiger partial charge is 0.496 e. The van der Waals surface area contributed by atoms with Crippen LogP contribution in [0.3, 0.4) is 0 Å². The maximum absolute atomic E-state index is 12.2. The summed E-state index contributed by atoms with van der Waals surface area (Å²) in [7, 11) is 1.57. The highest BCUT2D eigenvalue weighted by Crippen LogP contribution is 2.17. The van der Waals surface area contributed by atoms with E-state index in [1.54, 1.807) is 19.2 Å². The summed E-state index contributed by atoms with van der Waals surface area (Å²) < 4.78 is 5.21. The van der Waals surface area contributed by atoms with Crippen molar-refractivity contribution in [2.75, 3.05) is 7.11 Å². The minimum absolute atomic E-state index is 0.0646. The number of carbonyl (C=O) groups is 1. The van der Waals surface area contributed by atoms with E-state index in [1.165, 1.54) is 5.56 Å². The van der Waals surface area contributed by atoms with E-state index >= 15 is 0 Å². The Bertz CT molecular complexity index is 566. The highest BCUT2D eigenvalue weighted by Gasteiger charge is 2.14. The molecule has 20 heavy (non-hydrogen) atoms. The fourth-order valence-corrected chi connectivity index (χ4v) is 2.15. The van der Waals surface area contributed by atoms with Crippen LogP contribution in [0.2, 0.25) is 0 Å². The van der Waals surface area contributed by atoms with Crippen LogP contribution in [0.25, 0.3) is 0 Å². The van der Waals surface area contributed by atoms with E-state index < -0.39 is 0 Å². The smallest absolute Gasteiger partial charge is 0.255 e. The SMILES string of the molecule is COc1ccccc1C(=O)N[C@H](C)Cc1ccccc1. The molecule has 3 nitrogen and oxygen atoms in total. The Labute approximate surface area is 119 Å². The number of hydrogen-bond acceptors (Lipinski definition) is 2. The van der Waals surface area contributed by atoms with Crippen molar-refractivity contribution >= 4 is 5.91 Å². The Morgan fingerprint density at radius 3 is 2.45 bits per heavy atom. The van der Waals surface area contributed by atoms with Gasteiger partial charge in [-0.15, -0.1) is 0 Å². The lowest BCUT2D eigenvalue weighted by Gasteiger charge is -2.15. The quantitative estimate of drug-likeness (QED) is 0.906. The van der Waals surface area contributed by atoms with E-state index in [0.29, 0.717) is 11.3 Å². The molecule has 0 spiro atoms. The number of carbonyl (C=O) groups excluding carboxylic acids is 1. The van der Waals surface area contributed by atoms with Crippen LogP contribution in [0, 0.1) is 0 Å². The average molecular weight is 269 g/mol. The van der Waals surface area contributed by atoms with Crippen LogP contribution in [0.5, 0.6) is 5.75 Å². The van der Waals surface area contributed by atoms with Crippen LogP contribution in [-0.2, 0) is 6.42 Å². The number of para-hydroxylation sites is 1. The maximum Gasteiger partial charge on any atom is 0.255 e. The molecule has 104 valence electrons. The van der Waals surface area contributed by atoms with Gasteiger partial charge in [-0.05, 0) is 31.0 Å². The first-order valence-corrected chi connectivity index (χ1v) is 6.68. The molecule has 1 amide bonds. The van der Waals surface area contributed by atoms with Gasteiger partial charge < -0.3 is 10.1 Å². The molecule has 0 aliphatic heterocycles. The van der Waals surface area contributed by atoms with Gasteiger partial charge in [0.2, 0.25) is 0 Å². The normalized spacial score (nSPS) is 11.7. The topological polar surface area (TPSA) is 38.3 Å². The Balaban J connectivity index is 2.00. The van der Waals surface area contributed by atoms with Crippen LogP contribution >= 0.6 is 0 Å². The second kappa shape index (κ2) is 6.75. The number of rotatable bonds is 5. The Kier molecular flexibility index (Phi) is 4.77. The van der Waals surface area contributed by atoms with Gasteiger partial charge in [-0.2, -0.15) is 0 Å². The molecule has 0 saturated carbocycles. The van der Waals surface area contributed by atoms with E-state index in [0.717, 1.165) is 6.42 Å². The highest BCUT2D eigenvalue weighted by molar-refractivity contribution is 5.97. The first-order valence-electron chi connectivity index (χ1n) is 6.68. The Morgan fingerprint density at radius 2 is 1.75 bits per heavy atom. The molecule has 3 heteroatoms. The van der Waals surface area contributed by atoms with Gasteiger partial charge in [0.1, 0.15) is 5.75 Å². The molecule has 0 radical (unpaired) electrons. The molecule has 2 rings (SSSR count). The lowest BCUT2D eigenvalue weighted by molar-refractivity contribution is 0.0937. The van der Waals surface area contributed by atoms with Gasteiger partial charge in [0.15, 0.2) is 0 Å². The van der Waals surface area contributed by atoms with Crippen molar-refractivity contribution in [2.24, 2.45) is 0 Å². The fourth-order valence-electron chi connectivity index (χ4n) is 2.15. The zero-order valence-electron chi connectivity index (χ0n) is 11.8. The summed E-state index contributed by atoms with van der Waals surface area (Å²) in [5.74, 6) is 0.489. The van der Waals surface area contributed by atoms with Crippen molar-refractivity contribution in [2.45, 2.75) is 19.4 Å². The molecule has 0 unspecified atom stereocenters. The van der Waals surface area contributed by atoms with Crippen molar-refractivity contribution in [1.82, 2.24) is 5.32 Å². The summed E-state index contributed by atoms with van der Waals surface area (Å²) >= 11 is 0. The van der Waals surface area contributed by atoms with E-state index in [1.807, 2.05) is 37.3 Å². The molecular weight excluding hydrogens is 250 g/mol. The molecule has 0 heterocycles. The van der Waals surface area contributed by atoms with Gasteiger partial charge >= 0.3 is 0 Å². The third-order valence-corrected chi connectivity index (χ3v) is 3.11. The monoisotopic (exact) mass is 269 g/mol. The molecular formula is C17H19NO2. The van der Waals surface area contributed by atoms with E-state index in [-0.39, 0.29) is 11.9 Å². The zero-order chi connectivity index (χ0) is 14.4. The zero-order valence-corrected chi connectivity index (χ0v) is 11.8. The second-order valence-corrected chi connectivity index (χ2v) is 4.76. The summed E-state index contributed by atoms with van der Waals surface area (Å²) in [4.78, 5) is 12.2. The first-order chi connectivity index (χ1) is 9.70. The van der Waals surface area contributed by atoms with Crippen LogP contribution in [0.15, 0.2) is 54.6 Å². The Hall–Kier alpha value is -2.29. The molecule has 0 aromatic heterocycles. The molecule has 0 saturated heterocycles. The van der Waals surface area contributed by atoms with Crippen LogP contribution in [0.1, 0.15) is 22.8 Å². The maximum atomic E-state index is 12.2. The number of benzene rings is 2. The van der Waals surface area contributed by atoms with Crippen molar-refractivity contribution < 1.29 is 9.53 Å². The van der Waals surface area contributed by atoms with Crippen molar-refractivity contribution in [3.8, 4) is 5.75 Å². The number of ether oxygens (including phenoxy) is 1. The molecule has 0 fully saturated rings. The summed E-state index contributed by atoms with van der Waals surface area (Å²) in [5.41, 5.74) is 1.77. The van der Waals surface area contributed by atoms with Gasteiger partial charge in [0.25, 0.3) is 5.91 Å². The predicted octanol–water partition coefficient (Wildman–Crippen LogP) is 3.06. The molecule has 0 bridgehead atoms. The number of hydrogen-bond donors (Lipinski definition) is 1. The van der Waals surface area contributed by atoms with Crippen molar-refractivity contribution in [3.05, 3.63) is 65.7 Å².